The molecule has 30 heavy (non-hydrogen) atoms. The average molecular weight is 423 g/mol. The van der Waals surface area contributed by atoms with Crippen molar-refractivity contribution >= 4 is 29.0 Å². The molecule has 2 aromatic carbocycles. The van der Waals surface area contributed by atoms with E-state index in [1.165, 1.54) is 23.0 Å². The maximum absolute atomic E-state index is 12.8. The molecule has 1 saturated heterocycles. The summed E-state index contributed by atoms with van der Waals surface area (Å²) in [5.41, 5.74) is 2.94. The molecule has 8 nitrogen and oxygen atoms in total. The first-order valence-electron chi connectivity index (χ1n) is 9.59. The summed E-state index contributed by atoms with van der Waals surface area (Å²) < 4.78 is 1.52. The molecule has 2 heterocycles. The smallest absolute Gasteiger partial charge is 0.269 e. The van der Waals surface area contributed by atoms with E-state index in [1.807, 2.05) is 36.0 Å². The van der Waals surface area contributed by atoms with Crippen molar-refractivity contribution in [3.63, 3.8) is 0 Å². The molecule has 1 aliphatic heterocycles. The van der Waals surface area contributed by atoms with Gasteiger partial charge in [-0.05, 0) is 23.8 Å². The lowest BCUT2D eigenvalue weighted by molar-refractivity contribution is -0.384. The van der Waals surface area contributed by atoms with Gasteiger partial charge >= 0.3 is 0 Å². The minimum absolute atomic E-state index is 0.00720. The molecule has 0 saturated carbocycles. The summed E-state index contributed by atoms with van der Waals surface area (Å²) in [6.45, 7) is 2.91. The van der Waals surface area contributed by atoms with Crippen LogP contribution in [-0.4, -0.2) is 50.1 Å². The topological polar surface area (TPSA) is 93.3 Å². The van der Waals surface area contributed by atoms with Crippen LogP contribution in [0.25, 0.3) is 5.69 Å². The Morgan fingerprint density at radius 1 is 1.13 bits per heavy atom. The summed E-state index contributed by atoms with van der Waals surface area (Å²) >= 11 is 1.97. The summed E-state index contributed by atoms with van der Waals surface area (Å²) in [5.74, 6) is 2.02. The third kappa shape index (κ3) is 4.69. The van der Waals surface area contributed by atoms with Gasteiger partial charge < -0.3 is 5.32 Å². The molecular formula is C21H21N5O3S. The van der Waals surface area contributed by atoms with Crippen LogP contribution < -0.4 is 5.32 Å². The lowest BCUT2D eigenvalue weighted by atomic mass is 10.1. The minimum Gasteiger partial charge on any atom is -0.322 e. The first-order valence-corrected chi connectivity index (χ1v) is 10.7. The normalized spacial score (nSPS) is 14.4. The molecule has 0 unspecified atom stereocenters. The molecule has 0 radical (unpaired) electrons. The first-order chi connectivity index (χ1) is 14.6. The highest BCUT2D eigenvalue weighted by molar-refractivity contribution is 7.99. The summed E-state index contributed by atoms with van der Waals surface area (Å²) in [5, 5.41) is 18.0. The van der Waals surface area contributed by atoms with Gasteiger partial charge in [0.05, 0.1) is 22.4 Å². The zero-order valence-corrected chi connectivity index (χ0v) is 17.0. The Bertz CT molecular complexity index is 1040. The number of hydrogen-bond acceptors (Lipinski definition) is 6. The molecule has 1 aliphatic rings. The van der Waals surface area contributed by atoms with Gasteiger partial charge in [0.2, 0.25) is 0 Å². The number of thioether (sulfide) groups is 1. The van der Waals surface area contributed by atoms with Crippen molar-refractivity contribution in [2.75, 3.05) is 29.9 Å². The molecule has 0 bridgehead atoms. The number of amides is 1. The van der Waals surface area contributed by atoms with E-state index in [4.69, 9.17) is 0 Å². The van der Waals surface area contributed by atoms with E-state index in [2.05, 4.69) is 15.3 Å². The number of nitrogens with one attached hydrogen (secondary N) is 1. The molecule has 1 N–H and O–H groups in total. The number of nitrogens with zero attached hydrogens (tertiary/aromatic N) is 4. The highest BCUT2D eigenvalue weighted by atomic mass is 32.2. The Hall–Kier alpha value is -3.17. The van der Waals surface area contributed by atoms with E-state index in [-0.39, 0.29) is 11.6 Å². The Morgan fingerprint density at radius 3 is 2.60 bits per heavy atom. The Labute approximate surface area is 178 Å². The molecule has 1 amide bonds. The monoisotopic (exact) mass is 423 g/mol. The first kappa shape index (κ1) is 20.1. The van der Waals surface area contributed by atoms with E-state index in [0.29, 0.717) is 11.3 Å². The van der Waals surface area contributed by atoms with Crippen molar-refractivity contribution in [2.24, 2.45) is 0 Å². The highest BCUT2D eigenvalue weighted by Crippen LogP contribution is 2.21. The maximum Gasteiger partial charge on any atom is 0.269 e. The maximum atomic E-state index is 12.8. The predicted octanol–water partition coefficient (Wildman–Crippen LogP) is 3.58. The van der Waals surface area contributed by atoms with Crippen LogP contribution in [0.3, 0.4) is 0 Å². The van der Waals surface area contributed by atoms with Crippen LogP contribution in [0.2, 0.25) is 0 Å². The average Bonchev–Trinajstić information content (AvgIpc) is 3.26. The van der Waals surface area contributed by atoms with Crippen LogP contribution >= 0.6 is 11.8 Å². The number of rotatable bonds is 6. The Morgan fingerprint density at radius 2 is 1.87 bits per heavy atom. The van der Waals surface area contributed by atoms with E-state index >= 15 is 0 Å². The van der Waals surface area contributed by atoms with Crippen LogP contribution in [0.15, 0.2) is 60.9 Å². The fraction of sp³-hybridized carbons (Fsp3) is 0.238. The molecular weight excluding hydrogens is 402 g/mol. The summed E-state index contributed by atoms with van der Waals surface area (Å²) in [6, 6.07) is 13.8. The largest absolute Gasteiger partial charge is 0.322 e. The number of carbonyl (C=O) groups is 1. The molecule has 3 aromatic rings. The van der Waals surface area contributed by atoms with Crippen molar-refractivity contribution in [2.45, 2.75) is 6.54 Å². The van der Waals surface area contributed by atoms with Gasteiger partial charge in [-0.15, -0.1) is 0 Å². The van der Waals surface area contributed by atoms with Gasteiger partial charge in [-0.2, -0.15) is 16.9 Å². The van der Waals surface area contributed by atoms with Crippen molar-refractivity contribution < 1.29 is 9.72 Å². The minimum atomic E-state index is -0.452. The molecule has 1 aromatic heterocycles. The number of carbonyl (C=O) groups excluding carboxylic acids is 1. The van der Waals surface area contributed by atoms with Crippen LogP contribution in [-0.2, 0) is 6.54 Å². The van der Waals surface area contributed by atoms with Crippen molar-refractivity contribution in [1.82, 2.24) is 14.7 Å². The van der Waals surface area contributed by atoms with Crippen LogP contribution in [0, 0.1) is 10.1 Å². The second-order valence-electron chi connectivity index (χ2n) is 6.95. The molecule has 4 rings (SSSR count). The van der Waals surface area contributed by atoms with Gasteiger partial charge in [0.15, 0.2) is 0 Å². The van der Waals surface area contributed by atoms with Gasteiger partial charge in [-0.3, -0.25) is 19.8 Å². The van der Waals surface area contributed by atoms with Crippen molar-refractivity contribution in [3.05, 3.63) is 82.2 Å². The third-order valence-corrected chi connectivity index (χ3v) is 5.88. The van der Waals surface area contributed by atoms with E-state index in [9.17, 15) is 14.9 Å². The van der Waals surface area contributed by atoms with E-state index in [0.717, 1.165) is 42.4 Å². The molecule has 0 spiro atoms. The SMILES string of the molecule is O=C(Nc1ccccc1CN1CCSCC1)c1cnn(-c2ccc([N+](=O)[O-])cc2)c1. The number of nitro benzene ring substituents is 1. The standard InChI is InChI=1S/C21H21N5O3S/c27-21(17-13-22-25(15-17)18-5-7-19(8-6-18)26(28)29)23-20-4-2-1-3-16(20)14-24-9-11-30-12-10-24/h1-8,13,15H,9-12,14H2,(H,23,27). The zero-order valence-electron chi connectivity index (χ0n) is 16.2. The second-order valence-corrected chi connectivity index (χ2v) is 8.17. The number of aromatic nitrogens is 2. The molecule has 154 valence electrons. The molecule has 1 fully saturated rings. The third-order valence-electron chi connectivity index (χ3n) is 4.93. The predicted molar refractivity (Wildman–Crippen MR) is 117 cm³/mol. The fourth-order valence-electron chi connectivity index (χ4n) is 3.28. The van der Waals surface area contributed by atoms with Crippen LogP contribution in [0.4, 0.5) is 11.4 Å². The molecule has 9 heteroatoms. The number of non-ortho nitro benzene ring substituents is 1. The highest BCUT2D eigenvalue weighted by Gasteiger charge is 2.15. The number of anilines is 1. The number of nitro groups is 1. The van der Waals surface area contributed by atoms with Crippen molar-refractivity contribution in [3.8, 4) is 5.69 Å². The molecule has 0 atom stereocenters. The van der Waals surface area contributed by atoms with Gasteiger partial charge in [-0.1, -0.05) is 18.2 Å². The van der Waals surface area contributed by atoms with Crippen LogP contribution in [0.5, 0.6) is 0 Å². The number of hydrogen-bond donors (Lipinski definition) is 1. The number of benzene rings is 2. The van der Waals surface area contributed by atoms with Crippen LogP contribution in [0.1, 0.15) is 15.9 Å². The van der Waals surface area contributed by atoms with Gasteiger partial charge in [-0.25, -0.2) is 4.68 Å². The summed E-state index contributed by atoms with van der Waals surface area (Å²) in [6.07, 6.45) is 3.10. The van der Waals surface area contributed by atoms with Gasteiger partial charge in [0, 0.05) is 55.2 Å². The lowest BCUT2D eigenvalue weighted by Gasteiger charge is -2.27. The number of para-hydroxylation sites is 1. The zero-order chi connectivity index (χ0) is 20.9. The Balaban J connectivity index is 1.46. The quantitative estimate of drug-likeness (QED) is 0.481. The van der Waals surface area contributed by atoms with Gasteiger partial charge in [0.25, 0.3) is 11.6 Å². The lowest BCUT2D eigenvalue weighted by Crippen LogP contribution is -2.32. The van der Waals surface area contributed by atoms with E-state index in [1.54, 1.807) is 18.3 Å². The summed E-state index contributed by atoms with van der Waals surface area (Å²) in [7, 11) is 0. The second kappa shape index (κ2) is 9.10. The van der Waals surface area contributed by atoms with Crippen molar-refractivity contribution in [1.29, 1.82) is 0 Å². The van der Waals surface area contributed by atoms with Gasteiger partial charge in [0.1, 0.15) is 0 Å². The molecule has 0 aliphatic carbocycles. The van der Waals surface area contributed by atoms with E-state index < -0.39 is 4.92 Å². The fourth-order valence-corrected chi connectivity index (χ4v) is 4.26. The summed E-state index contributed by atoms with van der Waals surface area (Å²) in [4.78, 5) is 25.5. The Kier molecular flexibility index (Phi) is 6.10.